The standard InChI is InChI=1S/C10H24N2O2/c1-8(2)12(9(3)4)10(11,14)6-5-7-13/h8-9,13-14H,5-7,11H2,1-4H3. The maximum absolute atomic E-state index is 10.0. The summed E-state index contributed by atoms with van der Waals surface area (Å²) in [6.45, 7) is 8.05. The molecule has 4 N–H and O–H groups in total. The molecule has 1 atom stereocenters. The Kier molecular flexibility index (Phi) is 5.59. The van der Waals surface area contributed by atoms with E-state index in [1.165, 1.54) is 0 Å². The van der Waals surface area contributed by atoms with E-state index in [0.717, 1.165) is 0 Å². The van der Waals surface area contributed by atoms with Gasteiger partial charge in [-0.1, -0.05) is 0 Å². The zero-order valence-corrected chi connectivity index (χ0v) is 9.70. The third-order valence-corrected chi connectivity index (χ3v) is 2.26. The summed E-state index contributed by atoms with van der Waals surface area (Å²) in [6, 6.07) is 0.368. The van der Waals surface area contributed by atoms with Gasteiger partial charge >= 0.3 is 0 Å². The van der Waals surface area contributed by atoms with Gasteiger partial charge in [-0.3, -0.25) is 10.6 Å². The maximum Gasteiger partial charge on any atom is 0.172 e. The Morgan fingerprint density at radius 2 is 1.64 bits per heavy atom. The van der Waals surface area contributed by atoms with E-state index in [1.807, 2.05) is 32.6 Å². The second-order valence-corrected chi connectivity index (χ2v) is 4.30. The van der Waals surface area contributed by atoms with E-state index in [2.05, 4.69) is 0 Å². The topological polar surface area (TPSA) is 69.7 Å². The van der Waals surface area contributed by atoms with Gasteiger partial charge in [-0.05, 0) is 34.1 Å². The van der Waals surface area contributed by atoms with Gasteiger partial charge < -0.3 is 10.2 Å². The summed E-state index contributed by atoms with van der Waals surface area (Å²) in [6.07, 6.45) is 0.906. The minimum absolute atomic E-state index is 0.0591. The molecule has 86 valence electrons. The van der Waals surface area contributed by atoms with Crippen LogP contribution < -0.4 is 5.73 Å². The summed E-state index contributed by atoms with van der Waals surface area (Å²) in [5.41, 5.74) is 5.82. The van der Waals surface area contributed by atoms with Gasteiger partial charge in [0.1, 0.15) is 0 Å². The minimum atomic E-state index is -1.31. The van der Waals surface area contributed by atoms with Crippen LogP contribution in [0.2, 0.25) is 0 Å². The molecule has 0 spiro atoms. The van der Waals surface area contributed by atoms with Crippen molar-refractivity contribution in [1.29, 1.82) is 0 Å². The van der Waals surface area contributed by atoms with Gasteiger partial charge in [0.2, 0.25) is 0 Å². The zero-order chi connectivity index (χ0) is 11.4. The molecule has 0 heterocycles. The second-order valence-electron chi connectivity index (χ2n) is 4.30. The first-order valence-corrected chi connectivity index (χ1v) is 5.23. The molecule has 0 radical (unpaired) electrons. The average molecular weight is 204 g/mol. The van der Waals surface area contributed by atoms with Crippen LogP contribution in [0.4, 0.5) is 0 Å². The van der Waals surface area contributed by atoms with Crippen LogP contribution in [0.3, 0.4) is 0 Å². The highest BCUT2D eigenvalue weighted by Crippen LogP contribution is 2.18. The first-order valence-electron chi connectivity index (χ1n) is 5.23. The number of hydrogen-bond donors (Lipinski definition) is 3. The lowest BCUT2D eigenvalue weighted by Crippen LogP contribution is -2.61. The largest absolute Gasteiger partial charge is 0.396 e. The Morgan fingerprint density at radius 3 is 1.93 bits per heavy atom. The third kappa shape index (κ3) is 3.92. The van der Waals surface area contributed by atoms with E-state index >= 15 is 0 Å². The molecule has 0 rings (SSSR count). The molecule has 0 aliphatic carbocycles. The van der Waals surface area contributed by atoms with Gasteiger partial charge in [-0.15, -0.1) is 0 Å². The molecule has 4 heteroatoms. The van der Waals surface area contributed by atoms with Crippen molar-refractivity contribution in [1.82, 2.24) is 4.90 Å². The normalized spacial score (nSPS) is 16.7. The molecule has 0 saturated heterocycles. The molecule has 0 amide bonds. The van der Waals surface area contributed by atoms with Crippen molar-refractivity contribution < 1.29 is 10.2 Å². The first-order chi connectivity index (χ1) is 6.33. The molecular formula is C10H24N2O2. The lowest BCUT2D eigenvalue weighted by atomic mass is 10.1. The highest BCUT2D eigenvalue weighted by atomic mass is 16.3. The predicted octanol–water partition coefficient (Wildman–Crippen LogP) is 0.483. The van der Waals surface area contributed by atoms with E-state index in [9.17, 15) is 5.11 Å². The third-order valence-electron chi connectivity index (χ3n) is 2.26. The van der Waals surface area contributed by atoms with Gasteiger partial charge in [0.15, 0.2) is 5.85 Å². The Hall–Kier alpha value is -0.160. The van der Waals surface area contributed by atoms with Crippen molar-refractivity contribution in [3.63, 3.8) is 0 Å². The Labute approximate surface area is 86.7 Å². The molecule has 14 heavy (non-hydrogen) atoms. The molecule has 1 unspecified atom stereocenters. The highest BCUT2D eigenvalue weighted by Gasteiger charge is 2.33. The van der Waals surface area contributed by atoms with E-state index < -0.39 is 5.85 Å². The summed E-state index contributed by atoms with van der Waals surface area (Å²) in [7, 11) is 0. The van der Waals surface area contributed by atoms with Crippen LogP contribution >= 0.6 is 0 Å². The van der Waals surface area contributed by atoms with Crippen LogP contribution in [-0.2, 0) is 0 Å². The van der Waals surface area contributed by atoms with Crippen molar-refractivity contribution in [2.24, 2.45) is 5.73 Å². The van der Waals surface area contributed by atoms with E-state index in [0.29, 0.717) is 12.8 Å². The van der Waals surface area contributed by atoms with Crippen molar-refractivity contribution in [2.45, 2.75) is 58.5 Å². The smallest absolute Gasteiger partial charge is 0.172 e. The number of nitrogens with two attached hydrogens (primary N) is 1. The summed E-state index contributed by atoms with van der Waals surface area (Å²) in [5, 5.41) is 18.7. The van der Waals surface area contributed by atoms with E-state index in [-0.39, 0.29) is 18.7 Å². The van der Waals surface area contributed by atoms with Crippen LogP contribution in [0.1, 0.15) is 40.5 Å². The predicted molar refractivity (Wildman–Crippen MR) is 57.6 cm³/mol. The molecule has 0 aromatic rings. The fraction of sp³-hybridized carbons (Fsp3) is 1.00. The number of hydrogen-bond acceptors (Lipinski definition) is 4. The molecule has 0 saturated carbocycles. The Morgan fingerprint density at radius 1 is 1.21 bits per heavy atom. The van der Waals surface area contributed by atoms with Crippen molar-refractivity contribution in [3.05, 3.63) is 0 Å². The van der Waals surface area contributed by atoms with E-state index in [1.54, 1.807) is 0 Å². The molecule has 0 aromatic heterocycles. The molecular weight excluding hydrogens is 180 g/mol. The molecule has 0 aliphatic rings. The highest BCUT2D eigenvalue weighted by molar-refractivity contribution is 4.79. The summed E-state index contributed by atoms with van der Waals surface area (Å²) in [4.78, 5) is 1.85. The van der Waals surface area contributed by atoms with Gasteiger partial charge in [0, 0.05) is 25.1 Å². The maximum atomic E-state index is 10.0. The van der Waals surface area contributed by atoms with Crippen molar-refractivity contribution >= 4 is 0 Å². The molecule has 0 fully saturated rings. The van der Waals surface area contributed by atoms with Gasteiger partial charge in [-0.25, -0.2) is 0 Å². The van der Waals surface area contributed by atoms with Crippen LogP contribution in [0, 0.1) is 0 Å². The van der Waals surface area contributed by atoms with Crippen molar-refractivity contribution in [3.8, 4) is 0 Å². The van der Waals surface area contributed by atoms with Gasteiger partial charge in [-0.2, -0.15) is 0 Å². The van der Waals surface area contributed by atoms with Crippen LogP contribution in [0.15, 0.2) is 0 Å². The number of aliphatic hydroxyl groups is 2. The van der Waals surface area contributed by atoms with Gasteiger partial charge in [0.05, 0.1) is 0 Å². The number of aliphatic hydroxyl groups excluding tert-OH is 1. The summed E-state index contributed by atoms with van der Waals surface area (Å²) < 4.78 is 0. The molecule has 0 bridgehead atoms. The number of nitrogens with zero attached hydrogens (tertiary/aromatic N) is 1. The van der Waals surface area contributed by atoms with E-state index in [4.69, 9.17) is 10.8 Å². The second kappa shape index (κ2) is 5.66. The molecule has 0 aliphatic heterocycles. The minimum Gasteiger partial charge on any atom is -0.396 e. The zero-order valence-electron chi connectivity index (χ0n) is 9.70. The average Bonchev–Trinajstić information content (AvgIpc) is 1.98. The fourth-order valence-electron chi connectivity index (χ4n) is 1.96. The quantitative estimate of drug-likeness (QED) is 0.550. The van der Waals surface area contributed by atoms with Gasteiger partial charge in [0.25, 0.3) is 0 Å². The van der Waals surface area contributed by atoms with Crippen LogP contribution in [-0.4, -0.2) is 39.7 Å². The van der Waals surface area contributed by atoms with Crippen LogP contribution in [0.5, 0.6) is 0 Å². The monoisotopic (exact) mass is 204 g/mol. The first kappa shape index (κ1) is 13.8. The Bertz CT molecular complexity index is 150. The lowest BCUT2D eigenvalue weighted by molar-refractivity contribution is -0.141. The fourth-order valence-corrected chi connectivity index (χ4v) is 1.96. The number of rotatable bonds is 6. The summed E-state index contributed by atoms with van der Waals surface area (Å²) in [5.74, 6) is -1.31. The molecule has 0 aromatic carbocycles. The molecule has 4 nitrogen and oxygen atoms in total. The lowest BCUT2D eigenvalue weighted by Gasteiger charge is -2.42. The Balaban J connectivity index is 4.45. The van der Waals surface area contributed by atoms with Crippen molar-refractivity contribution in [2.75, 3.05) is 6.61 Å². The van der Waals surface area contributed by atoms with Crippen LogP contribution in [0.25, 0.3) is 0 Å². The summed E-state index contributed by atoms with van der Waals surface area (Å²) >= 11 is 0. The SMILES string of the molecule is CC(C)N(C(C)C)C(N)(O)CCCO.